The second kappa shape index (κ2) is 12.1. The zero-order chi connectivity index (χ0) is 27.1. The molecule has 9 heteroatoms. The van der Waals surface area contributed by atoms with E-state index in [-0.39, 0.29) is 12.0 Å². The zero-order valence-electron chi connectivity index (χ0n) is 20.6. The zero-order valence-corrected chi connectivity index (χ0v) is 20.6. The van der Waals surface area contributed by atoms with Crippen LogP contribution in [0.5, 0.6) is 5.75 Å². The number of hydrogen-bond donors (Lipinski definition) is 2. The Kier molecular flexibility index (Phi) is 8.47. The molecule has 1 amide bonds. The lowest BCUT2D eigenvalue weighted by atomic mass is 10.0. The predicted molar refractivity (Wildman–Crippen MR) is 136 cm³/mol. The van der Waals surface area contributed by atoms with Crippen LogP contribution in [-0.4, -0.2) is 34.6 Å². The van der Waals surface area contributed by atoms with Crippen molar-refractivity contribution in [1.82, 2.24) is 10.3 Å². The number of aryl methyl sites for hydroxylation is 1. The summed E-state index contributed by atoms with van der Waals surface area (Å²) in [4.78, 5) is 28.5. The number of amides is 1. The van der Waals surface area contributed by atoms with Gasteiger partial charge in [-0.05, 0) is 42.8 Å². The van der Waals surface area contributed by atoms with Crippen LogP contribution in [0.25, 0.3) is 11.5 Å². The quantitative estimate of drug-likeness (QED) is 0.292. The lowest BCUT2D eigenvalue weighted by molar-refractivity contribution is -0.141. The van der Waals surface area contributed by atoms with Gasteiger partial charge < -0.3 is 19.6 Å². The Labute approximate surface area is 218 Å². The van der Waals surface area contributed by atoms with Crippen molar-refractivity contribution >= 4 is 11.9 Å². The number of nitrogens with one attached hydrogen (secondary N) is 1. The van der Waals surface area contributed by atoms with Crippen molar-refractivity contribution in [2.45, 2.75) is 32.2 Å². The van der Waals surface area contributed by atoms with Gasteiger partial charge in [-0.3, -0.25) is 4.79 Å². The monoisotopic (exact) mass is 520 g/mol. The van der Waals surface area contributed by atoms with Crippen LogP contribution < -0.4 is 10.1 Å². The summed E-state index contributed by atoms with van der Waals surface area (Å²) in [5, 5.41) is 11.9. The number of ether oxygens (including phenoxy) is 1. The first-order valence-corrected chi connectivity index (χ1v) is 12.0. The normalized spacial score (nSPS) is 11.7. The van der Waals surface area contributed by atoms with Gasteiger partial charge in [0.25, 0.3) is 0 Å². The summed E-state index contributed by atoms with van der Waals surface area (Å²) in [7, 11) is 0. The van der Waals surface area contributed by atoms with E-state index >= 15 is 0 Å². The molecule has 0 aliphatic heterocycles. The van der Waals surface area contributed by atoms with Gasteiger partial charge >= 0.3 is 5.97 Å². The van der Waals surface area contributed by atoms with Gasteiger partial charge in [-0.1, -0.05) is 42.5 Å². The van der Waals surface area contributed by atoms with E-state index in [1.54, 1.807) is 24.3 Å². The van der Waals surface area contributed by atoms with Crippen molar-refractivity contribution in [1.29, 1.82) is 0 Å². The molecule has 0 radical (unpaired) electrons. The van der Waals surface area contributed by atoms with Crippen molar-refractivity contribution in [2.24, 2.45) is 0 Å². The summed E-state index contributed by atoms with van der Waals surface area (Å²) in [5.41, 5.74) is 2.21. The maximum absolute atomic E-state index is 13.8. The number of carbonyl (C=O) groups is 2. The first-order chi connectivity index (χ1) is 18.3. The average molecular weight is 521 g/mol. The van der Waals surface area contributed by atoms with Crippen LogP contribution in [0.2, 0.25) is 0 Å². The summed E-state index contributed by atoms with van der Waals surface area (Å²) in [6.07, 6.45) is 0.0777. The molecule has 0 saturated heterocycles. The maximum Gasteiger partial charge on any atom is 0.326 e. The van der Waals surface area contributed by atoms with Gasteiger partial charge in [0.05, 0.1) is 18.7 Å². The Morgan fingerprint density at radius 2 is 1.76 bits per heavy atom. The van der Waals surface area contributed by atoms with Crippen LogP contribution in [0.3, 0.4) is 0 Å². The molecule has 7 nitrogen and oxygen atoms in total. The summed E-state index contributed by atoms with van der Waals surface area (Å²) in [5.74, 6) is -2.28. The standard InChI is InChI=1S/C29H26F2N2O5/c1-18-24(33-28(38-18)20-6-3-2-4-7-20)14-15-37-22-12-10-19(11-13-22)16-25(29(35)36)32-26(34)17-21-8-5-9-23(30)27(21)31/h2-13,25H,14-17H2,1H3,(H,32,34)(H,35,36)/t25-/m0/s1. The Hall–Kier alpha value is -4.53. The minimum Gasteiger partial charge on any atom is -0.493 e. The van der Waals surface area contributed by atoms with Crippen LogP contribution >= 0.6 is 0 Å². The van der Waals surface area contributed by atoms with Gasteiger partial charge in [-0.2, -0.15) is 0 Å². The average Bonchev–Trinajstić information content (AvgIpc) is 3.28. The van der Waals surface area contributed by atoms with Crippen molar-refractivity contribution in [3.8, 4) is 17.2 Å². The molecule has 1 heterocycles. The van der Waals surface area contributed by atoms with Crippen molar-refractivity contribution in [3.05, 3.63) is 107 Å². The molecule has 0 saturated carbocycles. The van der Waals surface area contributed by atoms with Gasteiger partial charge in [0.2, 0.25) is 11.8 Å². The van der Waals surface area contributed by atoms with Crippen LogP contribution in [0.15, 0.2) is 77.2 Å². The molecule has 0 bridgehead atoms. The van der Waals surface area contributed by atoms with Gasteiger partial charge in [-0.15, -0.1) is 0 Å². The lowest BCUT2D eigenvalue weighted by Gasteiger charge is -2.15. The number of aliphatic carboxylic acids is 1. The highest BCUT2D eigenvalue weighted by atomic mass is 19.2. The number of carbonyl (C=O) groups excluding carboxylic acids is 1. The molecular formula is C29H26F2N2O5. The number of benzene rings is 3. The third-order valence-electron chi connectivity index (χ3n) is 5.90. The minimum atomic E-state index is -1.24. The Bertz CT molecular complexity index is 1400. The van der Waals surface area contributed by atoms with E-state index in [1.807, 2.05) is 37.3 Å². The van der Waals surface area contributed by atoms with E-state index < -0.39 is 36.0 Å². The molecular weight excluding hydrogens is 494 g/mol. The third kappa shape index (κ3) is 6.82. The van der Waals surface area contributed by atoms with E-state index in [1.165, 1.54) is 12.1 Å². The van der Waals surface area contributed by atoms with E-state index in [4.69, 9.17) is 9.15 Å². The predicted octanol–water partition coefficient (Wildman–Crippen LogP) is 4.90. The molecule has 1 aromatic heterocycles. The van der Waals surface area contributed by atoms with Gasteiger partial charge in [0.15, 0.2) is 11.6 Å². The SMILES string of the molecule is Cc1oc(-c2ccccc2)nc1CCOc1ccc(C[C@H](NC(=O)Cc2cccc(F)c2F)C(=O)O)cc1. The molecule has 196 valence electrons. The van der Waals surface area contributed by atoms with E-state index in [0.29, 0.717) is 30.2 Å². The maximum atomic E-state index is 13.8. The minimum absolute atomic E-state index is 0.00732. The fourth-order valence-corrected chi connectivity index (χ4v) is 3.89. The smallest absolute Gasteiger partial charge is 0.326 e. The number of rotatable bonds is 11. The molecule has 3 aromatic carbocycles. The van der Waals surface area contributed by atoms with Crippen molar-refractivity contribution < 1.29 is 32.6 Å². The molecule has 0 aliphatic rings. The van der Waals surface area contributed by atoms with E-state index in [2.05, 4.69) is 10.3 Å². The molecule has 0 spiro atoms. The molecule has 0 aliphatic carbocycles. The molecule has 2 N–H and O–H groups in total. The molecule has 38 heavy (non-hydrogen) atoms. The van der Waals surface area contributed by atoms with Crippen molar-refractivity contribution in [3.63, 3.8) is 0 Å². The third-order valence-corrected chi connectivity index (χ3v) is 5.90. The van der Waals surface area contributed by atoms with Crippen molar-refractivity contribution in [2.75, 3.05) is 6.61 Å². The Balaban J connectivity index is 1.29. The summed E-state index contributed by atoms with van der Waals surface area (Å²) >= 11 is 0. The molecule has 1 atom stereocenters. The van der Waals surface area contributed by atoms with Crippen LogP contribution in [0.4, 0.5) is 8.78 Å². The summed E-state index contributed by atoms with van der Waals surface area (Å²) in [6.45, 7) is 2.22. The van der Waals surface area contributed by atoms with Crippen LogP contribution in [0, 0.1) is 18.6 Å². The van der Waals surface area contributed by atoms with Gasteiger partial charge in [0, 0.05) is 24.0 Å². The second-order valence-corrected chi connectivity index (χ2v) is 8.68. The largest absolute Gasteiger partial charge is 0.493 e. The molecule has 4 aromatic rings. The van der Waals surface area contributed by atoms with Gasteiger partial charge in [0.1, 0.15) is 17.6 Å². The second-order valence-electron chi connectivity index (χ2n) is 8.68. The highest BCUT2D eigenvalue weighted by molar-refractivity contribution is 5.85. The summed E-state index contributed by atoms with van der Waals surface area (Å²) < 4.78 is 38.8. The fraction of sp³-hybridized carbons (Fsp3) is 0.207. The Morgan fingerprint density at radius 1 is 1.03 bits per heavy atom. The first kappa shape index (κ1) is 26.5. The Morgan fingerprint density at radius 3 is 2.47 bits per heavy atom. The number of carboxylic acids is 1. The van der Waals surface area contributed by atoms with Gasteiger partial charge in [-0.25, -0.2) is 18.6 Å². The van der Waals surface area contributed by atoms with E-state index in [0.717, 1.165) is 23.1 Å². The number of aromatic nitrogens is 1. The molecule has 4 rings (SSSR count). The van der Waals surface area contributed by atoms with E-state index in [9.17, 15) is 23.5 Å². The summed E-state index contributed by atoms with van der Waals surface area (Å²) in [6, 6.07) is 18.7. The molecule has 0 unspecified atom stereocenters. The number of carboxylic acid groups (broad SMARTS) is 1. The number of halogens is 2. The molecule has 0 fully saturated rings. The fourth-order valence-electron chi connectivity index (χ4n) is 3.89. The first-order valence-electron chi connectivity index (χ1n) is 12.0. The highest BCUT2D eigenvalue weighted by Crippen LogP contribution is 2.22. The lowest BCUT2D eigenvalue weighted by Crippen LogP contribution is -2.43. The number of nitrogens with zero attached hydrogens (tertiary/aromatic N) is 1. The van der Waals surface area contributed by atoms with Crippen LogP contribution in [0.1, 0.15) is 22.6 Å². The topological polar surface area (TPSA) is 102 Å². The van der Waals surface area contributed by atoms with Crippen LogP contribution in [-0.2, 0) is 28.9 Å². The number of hydrogen-bond acceptors (Lipinski definition) is 5. The number of oxazole rings is 1. The highest BCUT2D eigenvalue weighted by Gasteiger charge is 2.22.